The van der Waals surface area contributed by atoms with Gasteiger partial charge in [-0.1, -0.05) is 32.0 Å². The first kappa shape index (κ1) is 16.3. The predicted octanol–water partition coefficient (Wildman–Crippen LogP) is 3.03. The van der Waals surface area contributed by atoms with Crippen molar-refractivity contribution in [1.29, 1.82) is 0 Å². The van der Waals surface area contributed by atoms with Gasteiger partial charge < -0.3 is 15.0 Å². The Bertz CT molecular complexity index is 690. The monoisotopic (exact) mass is 300 g/mol. The molecular formula is C18H24N2O2. The van der Waals surface area contributed by atoms with Crippen molar-refractivity contribution in [2.24, 2.45) is 11.7 Å². The lowest BCUT2D eigenvalue weighted by molar-refractivity contribution is 0.415. The van der Waals surface area contributed by atoms with Crippen molar-refractivity contribution in [3.05, 3.63) is 52.3 Å². The summed E-state index contributed by atoms with van der Waals surface area (Å²) in [6.45, 7) is 5.24. The molecule has 0 saturated heterocycles. The number of nitrogens with zero attached hydrogens (tertiary/aromatic N) is 1. The van der Waals surface area contributed by atoms with Crippen molar-refractivity contribution in [2.45, 2.75) is 33.4 Å². The van der Waals surface area contributed by atoms with Crippen LogP contribution in [0.3, 0.4) is 0 Å². The summed E-state index contributed by atoms with van der Waals surface area (Å²) in [5.74, 6) is 1.29. The van der Waals surface area contributed by atoms with Crippen molar-refractivity contribution in [1.82, 2.24) is 4.57 Å². The Labute approximate surface area is 131 Å². The van der Waals surface area contributed by atoms with Crippen LogP contribution in [0.5, 0.6) is 5.75 Å². The maximum absolute atomic E-state index is 12.6. The highest BCUT2D eigenvalue weighted by atomic mass is 16.5. The van der Waals surface area contributed by atoms with E-state index in [2.05, 4.69) is 13.8 Å². The molecular weight excluding hydrogens is 276 g/mol. The number of rotatable bonds is 6. The molecule has 1 aromatic carbocycles. The van der Waals surface area contributed by atoms with E-state index in [1.807, 2.05) is 41.0 Å². The van der Waals surface area contributed by atoms with Crippen molar-refractivity contribution in [3.8, 4) is 17.0 Å². The van der Waals surface area contributed by atoms with E-state index in [4.69, 9.17) is 10.5 Å². The zero-order chi connectivity index (χ0) is 16.1. The van der Waals surface area contributed by atoms with Crippen molar-refractivity contribution in [3.63, 3.8) is 0 Å². The van der Waals surface area contributed by atoms with Gasteiger partial charge in [0.15, 0.2) is 0 Å². The van der Waals surface area contributed by atoms with Gasteiger partial charge in [0.25, 0.3) is 5.56 Å². The van der Waals surface area contributed by atoms with Gasteiger partial charge in [0.1, 0.15) is 5.75 Å². The van der Waals surface area contributed by atoms with Gasteiger partial charge in [0.2, 0.25) is 0 Å². The minimum absolute atomic E-state index is 0.00782. The summed E-state index contributed by atoms with van der Waals surface area (Å²) in [5.41, 5.74) is 8.12. The summed E-state index contributed by atoms with van der Waals surface area (Å²) in [4.78, 5) is 12.6. The highest BCUT2D eigenvalue weighted by Gasteiger charge is 2.13. The van der Waals surface area contributed by atoms with Crippen molar-refractivity contribution in [2.75, 3.05) is 7.11 Å². The second-order valence-electron chi connectivity index (χ2n) is 5.79. The fourth-order valence-corrected chi connectivity index (χ4v) is 2.48. The van der Waals surface area contributed by atoms with Crippen LogP contribution < -0.4 is 16.0 Å². The molecule has 22 heavy (non-hydrogen) atoms. The van der Waals surface area contributed by atoms with E-state index in [0.717, 1.165) is 23.4 Å². The lowest BCUT2D eigenvalue weighted by atomic mass is 10.1. The van der Waals surface area contributed by atoms with Crippen LogP contribution in [0.4, 0.5) is 0 Å². The molecule has 0 unspecified atom stereocenters. The number of hydrogen-bond acceptors (Lipinski definition) is 3. The molecule has 0 fully saturated rings. The highest BCUT2D eigenvalue weighted by Crippen LogP contribution is 2.29. The standard InChI is InChI=1S/C18H24N2O2/c1-13(2)10-11-20-16(9-8-14(12-19)18(20)21)15-6-4-5-7-17(15)22-3/h4-9,13H,10-12,19H2,1-3H3. The second kappa shape index (κ2) is 7.27. The van der Waals surface area contributed by atoms with E-state index in [0.29, 0.717) is 18.0 Å². The summed E-state index contributed by atoms with van der Waals surface area (Å²) < 4.78 is 7.26. The zero-order valence-corrected chi connectivity index (χ0v) is 13.5. The van der Waals surface area contributed by atoms with Gasteiger partial charge in [-0.25, -0.2) is 0 Å². The van der Waals surface area contributed by atoms with Crippen LogP contribution in [-0.2, 0) is 13.1 Å². The first-order chi connectivity index (χ1) is 10.6. The summed E-state index contributed by atoms with van der Waals surface area (Å²) in [6.07, 6.45) is 0.941. The molecule has 0 radical (unpaired) electrons. The minimum Gasteiger partial charge on any atom is -0.496 e. The van der Waals surface area contributed by atoms with Crippen LogP contribution in [0.1, 0.15) is 25.8 Å². The Balaban J connectivity index is 2.59. The van der Waals surface area contributed by atoms with E-state index >= 15 is 0 Å². The fourth-order valence-electron chi connectivity index (χ4n) is 2.48. The average molecular weight is 300 g/mol. The number of ether oxygens (including phenoxy) is 1. The Morgan fingerprint density at radius 1 is 1.18 bits per heavy atom. The van der Waals surface area contributed by atoms with Crippen LogP contribution in [0.15, 0.2) is 41.2 Å². The van der Waals surface area contributed by atoms with Gasteiger partial charge in [-0.05, 0) is 30.5 Å². The van der Waals surface area contributed by atoms with Crippen LogP contribution in [0, 0.1) is 5.92 Å². The first-order valence-electron chi connectivity index (χ1n) is 7.64. The molecule has 1 aromatic heterocycles. The molecule has 0 aliphatic heterocycles. The molecule has 2 N–H and O–H groups in total. The number of nitrogens with two attached hydrogens (primary N) is 1. The van der Waals surface area contributed by atoms with Crippen LogP contribution in [-0.4, -0.2) is 11.7 Å². The topological polar surface area (TPSA) is 57.2 Å². The Hall–Kier alpha value is -2.07. The van der Waals surface area contributed by atoms with Crippen LogP contribution >= 0.6 is 0 Å². The molecule has 0 amide bonds. The van der Waals surface area contributed by atoms with Gasteiger partial charge >= 0.3 is 0 Å². The van der Waals surface area contributed by atoms with E-state index < -0.39 is 0 Å². The molecule has 0 spiro atoms. The predicted molar refractivity (Wildman–Crippen MR) is 90.0 cm³/mol. The van der Waals surface area contributed by atoms with E-state index in [-0.39, 0.29) is 12.1 Å². The number of para-hydroxylation sites is 1. The van der Waals surface area contributed by atoms with Gasteiger partial charge in [0.05, 0.1) is 12.8 Å². The molecule has 0 bridgehead atoms. The molecule has 4 nitrogen and oxygen atoms in total. The third-order valence-corrected chi connectivity index (χ3v) is 3.79. The normalized spacial score (nSPS) is 11.0. The highest BCUT2D eigenvalue weighted by molar-refractivity contribution is 5.67. The summed E-state index contributed by atoms with van der Waals surface area (Å²) in [5, 5.41) is 0. The smallest absolute Gasteiger partial charge is 0.255 e. The molecule has 0 atom stereocenters. The quantitative estimate of drug-likeness (QED) is 0.892. The SMILES string of the molecule is COc1ccccc1-c1ccc(CN)c(=O)n1CCC(C)C. The maximum Gasteiger partial charge on any atom is 0.255 e. The summed E-state index contributed by atoms with van der Waals surface area (Å²) >= 11 is 0. The van der Waals surface area contributed by atoms with E-state index in [1.165, 1.54) is 0 Å². The third-order valence-electron chi connectivity index (χ3n) is 3.79. The number of hydrogen-bond donors (Lipinski definition) is 1. The van der Waals surface area contributed by atoms with Gasteiger partial charge in [-0.2, -0.15) is 0 Å². The maximum atomic E-state index is 12.6. The molecule has 0 aliphatic carbocycles. The van der Waals surface area contributed by atoms with Crippen molar-refractivity contribution >= 4 is 0 Å². The lowest BCUT2D eigenvalue weighted by Crippen LogP contribution is -2.27. The number of methoxy groups -OCH3 is 1. The number of aromatic nitrogens is 1. The molecule has 1 heterocycles. The Morgan fingerprint density at radius 3 is 2.55 bits per heavy atom. The number of benzene rings is 1. The van der Waals surface area contributed by atoms with Gasteiger partial charge in [0, 0.05) is 24.2 Å². The molecule has 0 aliphatic rings. The second-order valence-corrected chi connectivity index (χ2v) is 5.79. The molecule has 0 saturated carbocycles. The molecule has 118 valence electrons. The first-order valence-corrected chi connectivity index (χ1v) is 7.64. The lowest BCUT2D eigenvalue weighted by Gasteiger charge is -2.17. The largest absolute Gasteiger partial charge is 0.496 e. The Kier molecular flexibility index (Phi) is 5.39. The van der Waals surface area contributed by atoms with Crippen LogP contribution in [0.25, 0.3) is 11.3 Å². The minimum atomic E-state index is -0.00782. The molecule has 2 rings (SSSR count). The van der Waals surface area contributed by atoms with Crippen molar-refractivity contribution < 1.29 is 4.74 Å². The van der Waals surface area contributed by atoms with Crippen LogP contribution in [0.2, 0.25) is 0 Å². The zero-order valence-electron chi connectivity index (χ0n) is 13.5. The molecule has 2 aromatic rings. The van der Waals surface area contributed by atoms with Gasteiger partial charge in [-0.15, -0.1) is 0 Å². The average Bonchev–Trinajstić information content (AvgIpc) is 2.53. The molecule has 4 heteroatoms. The number of pyridine rings is 1. The third kappa shape index (κ3) is 3.39. The van der Waals surface area contributed by atoms with Gasteiger partial charge in [-0.3, -0.25) is 4.79 Å². The fraction of sp³-hybridized carbons (Fsp3) is 0.389. The summed E-state index contributed by atoms with van der Waals surface area (Å²) in [7, 11) is 1.64. The summed E-state index contributed by atoms with van der Waals surface area (Å²) in [6, 6.07) is 11.5. The van der Waals surface area contributed by atoms with E-state index in [9.17, 15) is 4.79 Å². The van der Waals surface area contributed by atoms with E-state index in [1.54, 1.807) is 7.11 Å². The Morgan fingerprint density at radius 2 is 1.91 bits per heavy atom.